The highest BCUT2D eigenvalue weighted by molar-refractivity contribution is 5.85. The molecule has 0 aromatic heterocycles. The standard InChI is InChI=1S/C7H16N2.2ClH/c1-7(9)4-2-3-6(8)5-7;;/h6H,2-5,8-9H2,1H3;2*1H. The summed E-state index contributed by atoms with van der Waals surface area (Å²) in [5.74, 6) is 0. The lowest BCUT2D eigenvalue weighted by atomic mass is 9.82. The third-order valence-corrected chi connectivity index (χ3v) is 2.05. The molecule has 0 aromatic rings. The van der Waals surface area contributed by atoms with Crippen LogP contribution in [0.4, 0.5) is 0 Å². The lowest BCUT2D eigenvalue weighted by molar-refractivity contribution is 0.292. The van der Waals surface area contributed by atoms with Crippen molar-refractivity contribution in [2.75, 3.05) is 0 Å². The van der Waals surface area contributed by atoms with Gasteiger partial charge in [0, 0.05) is 11.6 Å². The molecular weight excluding hydrogens is 183 g/mol. The number of rotatable bonds is 0. The SMILES string of the molecule is CC1(N)CCCC(N)C1.Cl.Cl. The zero-order chi connectivity index (χ0) is 6.91. The van der Waals surface area contributed by atoms with Crippen LogP contribution < -0.4 is 11.5 Å². The fourth-order valence-corrected chi connectivity index (χ4v) is 1.57. The van der Waals surface area contributed by atoms with Gasteiger partial charge in [0.1, 0.15) is 0 Å². The molecule has 1 fully saturated rings. The molecule has 0 saturated heterocycles. The van der Waals surface area contributed by atoms with Gasteiger partial charge in [-0.25, -0.2) is 0 Å². The van der Waals surface area contributed by atoms with Gasteiger partial charge in [-0.1, -0.05) is 6.42 Å². The molecule has 1 rings (SSSR count). The first kappa shape index (κ1) is 14.0. The summed E-state index contributed by atoms with van der Waals surface area (Å²) in [7, 11) is 0. The third-order valence-electron chi connectivity index (χ3n) is 2.05. The van der Waals surface area contributed by atoms with Crippen molar-refractivity contribution >= 4 is 24.8 Å². The molecule has 0 heterocycles. The Kier molecular flexibility index (Phi) is 6.64. The molecule has 1 aliphatic rings. The molecule has 4 N–H and O–H groups in total. The van der Waals surface area contributed by atoms with Crippen molar-refractivity contribution in [2.24, 2.45) is 11.5 Å². The lowest BCUT2D eigenvalue weighted by Gasteiger charge is -2.32. The maximum atomic E-state index is 5.89. The fourth-order valence-electron chi connectivity index (χ4n) is 1.57. The van der Waals surface area contributed by atoms with Crippen LogP contribution in [0.5, 0.6) is 0 Å². The second kappa shape index (κ2) is 5.20. The van der Waals surface area contributed by atoms with Crippen LogP contribution in [-0.4, -0.2) is 11.6 Å². The Labute approximate surface area is 80.9 Å². The van der Waals surface area contributed by atoms with Gasteiger partial charge in [-0.05, 0) is 26.2 Å². The Morgan fingerprint density at radius 2 is 1.91 bits per heavy atom. The van der Waals surface area contributed by atoms with Crippen LogP contribution >= 0.6 is 24.8 Å². The molecule has 1 saturated carbocycles. The maximum Gasteiger partial charge on any atom is 0.0140 e. The first-order chi connectivity index (χ1) is 4.10. The van der Waals surface area contributed by atoms with Gasteiger partial charge in [-0.3, -0.25) is 0 Å². The van der Waals surface area contributed by atoms with Crippen molar-refractivity contribution in [3.8, 4) is 0 Å². The average Bonchev–Trinajstić information content (AvgIpc) is 1.60. The maximum absolute atomic E-state index is 5.89. The number of hydrogen-bond acceptors (Lipinski definition) is 2. The molecule has 0 spiro atoms. The van der Waals surface area contributed by atoms with Crippen LogP contribution in [-0.2, 0) is 0 Å². The quantitative estimate of drug-likeness (QED) is 0.623. The van der Waals surface area contributed by atoms with Gasteiger partial charge < -0.3 is 11.5 Å². The molecule has 2 unspecified atom stereocenters. The normalized spacial score (nSPS) is 36.8. The Bertz CT molecular complexity index is 107. The summed E-state index contributed by atoms with van der Waals surface area (Å²) in [5.41, 5.74) is 11.6. The topological polar surface area (TPSA) is 52.0 Å². The highest BCUT2D eigenvalue weighted by Crippen LogP contribution is 2.23. The summed E-state index contributed by atoms with van der Waals surface area (Å²) in [5, 5.41) is 0. The van der Waals surface area contributed by atoms with E-state index in [0.29, 0.717) is 6.04 Å². The minimum Gasteiger partial charge on any atom is -0.328 e. The smallest absolute Gasteiger partial charge is 0.0140 e. The zero-order valence-electron chi connectivity index (χ0n) is 6.88. The summed E-state index contributed by atoms with van der Waals surface area (Å²) in [6.07, 6.45) is 4.49. The first-order valence-corrected chi connectivity index (χ1v) is 3.65. The second-order valence-corrected chi connectivity index (χ2v) is 3.51. The van der Waals surface area contributed by atoms with Gasteiger partial charge in [0.2, 0.25) is 0 Å². The largest absolute Gasteiger partial charge is 0.328 e. The highest BCUT2D eigenvalue weighted by Gasteiger charge is 2.25. The molecular formula is C7H18Cl2N2. The third kappa shape index (κ3) is 4.86. The van der Waals surface area contributed by atoms with E-state index in [1.165, 1.54) is 6.42 Å². The van der Waals surface area contributed by atoms with Crippen LogP contribution in [0.15, 0.2) is 0 Å². The van der Waals surface area contributed by atoms with Crippen molar-refractivity contribution in [3.05, 3.63) is 0 Å². The van der Waals surface area contributed by atoms with E-state index in [0.717, 1.165) is 19.3 Å². The molecule has 2 atom stereocenters. The van der Waals surface area contributed by atoms with Crippen molar-refractivity contribution in [1.82, 2.24) is 0 Å². The van der Waals surface area contributed by atoms with E-state index in [1.54, 1.807) is 0 Å². The lowest BCUT2D eigenvalue weighted by Crippen LogP contribution is -2.45. The molecule has 0 bridgehead atoms. The first-order valence-electron chi connectivity index (χ1n) is 3.65. The van der Waals surface area contributed by atoms with Gasteiger partial charge in [0.15, 0.2) is 0 Å². The van der Waals surface area contributed by atoms with Gasteiger partial charge in [0.25, 0.3) is 0 Å². The Morgan fingerprint density at radius 1 is 1.36 bits per heavy atom. The molecule has 0 amide bonds. The van der Waals surface area contributed by atoms with E-state index in [4.69, 9.17) is 11.5 Å². The van der Waals surface area contributed by atoms with Crippen LogP contribution in [0.3, 0.4) is 0 Å². The molecule has 2 nitrogen and oxygen atoms in total. The van der Waals surface area contributed by atoms with E-state index < -0.39 is 0 Å². The predicted molar refractivity (Wildman–Crippen MR) is 53.5 cm³/mol. The monoisotopic (exact) mass is 200 g/mol. The van der Waals surface area contributed by atoms with Gasteiger partial charge in [0.05, 0.1) is 0 Å². The highest BCUT2D eigenvalue weighted by atomic mass is 35.5. The Hall–Kier alpha value is 0.500. The molecule has 70 valence electrons. The average molecular weight is 201 g/mol. The van der Waals surface area contributed by atoms with E-state index >= 15 is 0 Å². The molecule has 0 aromatic carbocycles. The summed E-state index contributed by atoms with van der Waals surface area (Å²) < 4.78 is 0. The van der Waals surface area contributed by atoms with Crippen molar-refractivity contribution in [3.63, 3.8) is 0 Å². The van der Waals surface area contributed by atoms with Gasteiger partial charge >= 0.3 is 0 Å². The summed E-state index contributed by atoms with van der Waals surface area (Å²) >= 11 is 0. The summed E-state index contributed by atoms with van der Waals surface area (Å²) in [4.78, 5) is 0. The second-order valence-electron chi connectivity index (χ2n) is 3.51. The predicted octanol–water partition coefficient (Wildman–Crippen LogP) is 1.45. The van der Waals surface area contributed by atoms with Crippen molar-refractivity contribution < 1.29 is 0 Å². The van der Waals surface area contributed by atoms with E-state index in [9.17, 15) is 0 Å². The zero-order valence-corrected chi connectivity index (χ0v) is 8.51. The summed E-state index contributed by atoms with van der Waals surface area (Å²) in [6, 6.07) is 0.355. The van der Waals surface area contributed by atoms with Crippen molar-refractivity contribution in [2.45, 2.75) is 44.2 Å². The number of hydrogen-bond donors (Lipinski definition) is 2. The van der Waals surface area contributed by atoms with E-state index in [1.807, 2.05) is 0 Å². The Balaban J connectivity index is 0. The van der Waals surface area contributed by atoms with Crippen LogP contribution in [0.2, 0.25) is 0 Å². The molecule has 0 aliphatic heterocycles. The van der Waals surface area contributed by atoms with E-state index in [2.05, 4.69) is 6.92 Å². The van der Waals surface area contributed by atoms with Crippen LogP contribution in [0.1, 0.15) is 32.6 Å². The fraction of sp³-hybridized carbons (Fsp3) is 1.00. The van der Waals surface area contributed by atoms with Crippen LogP contribution in [0.25, 0.3) is 0 Å². The van der Waals surface area contributed by atoms with Crippen LogP contribution in [0, 0.1) is 0 Å². The molecule has 11 heavy (non-hydrogen) atoms. The molecule has 1 aliphatic carbocycles. The van der Waals surface area contributed by atoms with Crippen molar-refractivity contribution in [1.29, 1.82) is 0 Å². The summed E-state index contributed by atoms with van der Waals surface area (Å²) in [6.45, 7) is 2.09. The number of halogens is 2. The molecule has 4 heteroatoms. The van der Waals surface area contributed by atoms with Gasteiger partial charge in [-0.15, -0.1) is 24.8 Å². The Morgan fingerprint density at radius 3 is 2.18 bits per heavy atom. The van der Waals surface area contributed by atoms with Gasteiger partial charge in [-0.2, -0.15) is 0 Å². The molecule has 0 radical (unpaired) electrons. The number of nitrogens with two attached hydrogens (primary N) is 2. The minimum absolute atomic E-state index is 0. The van der Waals surface area contributed by atoms with E-state index in [-0.39, 0.29) is 30.4 Å². The minimum atomic E-state index is 0.